The monoisotopic (exact) mass is 163 g/mol. The van der Waals surface area contributed by atoms with E-state index >= 15 is 0 Å². The number of carbonyl (C=O) groups excluding carboxylic acids is 1. The van der Waals surface area contributed by atoms with E-state index in [1.165, 1.54) is 7.11 Å². The van der Waals surface area contributed by atoms with Crippen LogP contribution in [0.1, 0.15) is 0 Å². The topological polar surface area (TPSA) is 67.2 Å². The summed E-state index contributed by atoms with van der Waals surface area (Å²) in [5.41, 5.74) is 0. The molecule has 0 aromatic heterocycles. The van der Waals surface area contributed by atoms with Gasteiger partial charge >= 0.3 is 5.97 Å². The summed E-state index contributed by atoms with van der Waals surface area (Å²) < 4.78 is 22.1. The van der Waals surface area contributed by atoms with Crippen LogP contribution >= 0.6 is 0 Å². The number of nitrogens with one attached hydrogen (secondary N) is 1. The van der Waals surface area contributed by atoms with Crippen LogP contribution in [0.25, 0.3) is 0 Å². The highest BCUT2D eigenvalue weighted by Gasteiger charge is 2.36. The summed E-state index contributed by atoms with van der Waals surface area (Å²) in [6.07, 6.45) is 0. The third-order valence-electron chi connectivity index (χ3n) is 1.48. The van der Waals surface area contributed by atoms with Gasteiger partial charge in [0, 0.05) is 21.2 Å². The Morgan fingerprint density at radius 3 is 2.50 bits per heavy atom. The van der Waals surface area contributed by atoms with Gasteiger partial charge in [0.2, 0.25) is 0 Å². The second kappa shape index (κ2) is 2.23. The van der Waals surface area contributed by atoms with Gasteiger partial charge in [0.1, 0.15) is 0 Å². The van der Waals surface area contributed by atoms with Gasteiger partial charge in [-0.3, -0.25) is 9.57 Å². The molecule has 0 atom stereocenters. The van der Waals surface area contributed by atoms with E-state index in [4.69, 9.17) is 4.78 Å². The maximum Gasteiger partial charge on any atom is 0.310 e. The minimum Gasteiger partial charge on any atom is -0.469 e. The zero-order chi connectivity index (χ0) is 7.78. The van der Waals surface area contributed by atoms with Gasteiger partial charge in [0.05, 0.1) is 13.0 Å². The zero-order valence-corrected chi connectivity index (χ0v) is 6.44. The Morgan fingerprint density at radius 2 is 2.20 bits per heavy atom. The van der Waals surface area contributed by atoms with E-state index in [1.54, 1.807) is 0 Å². The highest BCUT2D eigenvalue weighted by molar-refractivity contribution is 7.93. The van der Waals surface area contributed by atoms with Crippen molar-refractivity contribution in [3.05, 3.63) is 0 Å². The first kappa shape index (κ1) is 7.53. The van der Waals surface area contributed by atoms with E-state index in [2.05, 4.69) is 4.74 Å². The number of ether oxygens (including phenoxy) is 1. The number of hydrogen-bond donors (Lipinski definition) is 1. The fourth-order valence-electron chi connectivity index (χ4n) is 0.904. The molecule has 0 radical (unpaired) electrons. The van der Waals surface area contributed by atoms with Crippen LogP contribution in [-0.4, -0.2) is 28.8 Å². The van der Waals surface area contributed by atoms with E-state index < -0.39 is 9.73 Å². The average Bonchev–Trinajstić information content (AvgIpc) is 1.81. The minimum atomic E-state index is -2.39. The van der Waals surface area contributed by atoms with E-state index in [1.807, 2.05) is 0 Å². The van der Waals surface area contributed by atoms with Crippen LogP contribution < -0.4 is 0 Å². The largest absolute Gasteiger partial charge is 0.469 e. The van der Waals surface area contributed by atoms with Gasteiger partial charge in [0.15, 0.2) is 0 Å². The molecule has 1 aliphatic heterocycles. The van der Waals surface area contributed by atoms with E-state index in [0.717, 1.165) is 0 Å². The molecule has 1 rings (SSSR count). The Balaban J connectivity index is 2.48. The molecule has 0 amide bonds. The van der Waals surface area contributed by atoms with Crippen molar-refractivity contribution in [2.24, 2.45) is 5.92 Å². The summed E-state index contributed by atoms with van der Waals surface area (Å²) in [6.45, 7) is 0. The lowest BCUT2D eigenvalue weighted by molar-refractivity contribution is -0.144. The summed E-state index contributed by atoms with van der Waals surface area (Å²) in [4.78, 5) is 10.7. The van der Waals surface area contributed by atoms with Crippen molar-refractivity contribution < 1.29 is 13.7 Å². The Labute approximate surface area is 59.5 Å². The van der Waals surface area contributed by atoms with Gasteiger partial charge in [-0.1, -0.05) is 0 Å². The standard InChI is InChI=1S/C5H9NO3S/c1-9-5(7)4-2-10(6,8)3-4/h4,6H,2-3H2,1H3. The highest BCUT2D eigenvalue weighted by atomic mass is 32.2. The lowest BCUT2D eigenvalue weighted by atomic mass is 10.2. The van der Waals surface area contributed by atoms with E-state index in [-0.39, 0.29) is 23.4 Å². The quantitative estimate of drug-likeness (QED) is 0.546. The number of carbonyl (C=O) groups is 1. The molecule has 1 N–H and O–H groups in total. The van der Waals surface area contributed by atoms with Crippen LogP contribution in [0.2, 0.25) is 0 Å². The van der Waals surface area contributed by atoms with Crippen molar-refractivity contribution in [1.29, 1.82) is 4.78 Å². The molecule has 1 heterocycles. The van der Waals surface area contributed by atoms with Crippen LogP contribution in [0.3, 0.4) is 0 Å². The Kier molecular flexibility index (Phi) is 1.68. The molecule has 0 bridgehead atoms. The Hall–Kier alpha value is -0.580. The molecule has 1 aliphatic rings. The molecule has 0 aliphatic carbocycles. The summed E-state index contributed by atoms with van der Waals surface area (Å²) in [5, 5.41) is 0. The van der Waals surface area contributed by atoms with Gasteiger partial charge in [-0.15, -0.1) is 0 Å². The van der Waals surface area contributed by atoms with Gasteiger partial charge in [0.25, 0.3) is 0 Å². The van der Waals surface area contributed by atoms with Crippen molar-refractivity contribution in [3.8, 4) is 0 Å². The molecule has 0 aromatic carbocycles. The number of hydrogen-bond acceptors (Lipinski definition) is 4. The van der Waals surface area contributed by atoms with Crippen LogP contribution in [0.15, 0.2) is 0 Å². The number of esters is 1. The van der Waals surface area contributed by atoms with Crippen molar-refractivity contribution in [2.45, 2.75) is 0 Å². The summed E-state index contributed by atoms with van der Waals surface area (Å²) in [7, 11) is -1.09. The Bertz CT molecular complexity index is 232. The second-order valence-corrected chi connectivity index (χ2v) is 4.66. The predicted molar refractivity (Wildman–Crippen MR) is 36.1 cm³/mol. The zero-order valence-electron chi connectivity index (χ0n) is 5.62. The molecule has 0 unspecified atom stereocenters. The molecule has 1 fully saturated rings. The first-order chi connectivity index (χ1) is 4.55. The molecule has 10 heavy (non-hydrogen) atoms. The fourth-order valence-corrected chi connectivity index (χ4v) is 2.38. The van der Waals surface area contributed by atoms with Crippen LogP contribution in [0.5, 0.6) is 0 Å². The second-order valence-electron chi connectivity index (χ2n) is 2.37. The molecule has 0 saturated carbocycles. The third kappa shape index (κ3) is 1.29. The van der Waals surface area contributed by atoms with Crippen molar-refractivity contribution in [1.82, 2.24) is 0 Å². The van der Waals surface area contributed by atoms with Gasteiger partial charge in [-0.05, 0) is 0 Å². The SMILES string of the molecule is COC(=O)C1CS(=N)(=O)C1. The van der Waals surface area contributed by atoms with Crippen molar-refractivity contribution in [2.75, 3.05) is 18.6 Å². The molecule has 0 aromatic rings. The molecule has 58 valence electrons. The first-order valence-electron chi connectivity index (χ1n) is 2.87. The smallest absolute Gasteiger partial charge is 0.310 e. The molecule has 4 nitrogen and oxygen atoms in total. The predicted octanol–water partition coefficient (Wildman–Crippen LogP) is -0.164. The molecular weight excluding hydrogens is 154 g/mol. The lowest BCUT2D eigenvalue weighted by Gasteiger charge is -2.25. The van der Waals surface area contributed by atoms with Crippen LogP contribution in [0, 0.1) is 10.7 Å². The average molecular weight is 163 g/mol. The molecule has 5 heteroatoms. The summed E-state index contributed by atoms with van der Waals surface area (Å²) in [5.74, 6) is -0.263. The highest BCUT2D eigenvalue weighted by Crippen LogP contribution is 2.19. The van der Waals surface area contributed by atoms with E-state index in [9.17, 15) is 9.00 Å². The Morgan fingerprint density at radius 1 is 1.70 bits per heavy atom. The first-order valence-corrected chi connectivity index (χ1v) is 4.77. The van der Waals surface area contributed by atoms with Crippen molar-refractivity contribution >= 4 is 15.7 Å². The van der Waals surface area contributed by atoms with E-state index in [0.29, 0.717) is 0 Å². The van der Waals surface area contributed by atoms with Gasteiger partial charge in [-0.2, -0.15) is 0 Å². The molecular formula is C5H9NO3S. The fraction of sp³-hybridized carbons (Fsp3) is 0.800. The van der Waals surface area contributed by atoms with Crippen molar-refractivity contribution in [3.63, 3.8) is 0 Å². The number of methoxy groups -OCH3 is 1. The lowest BCUT2D eigenvalue weighted by Crippen LogP contribution is -2.41. The third-order valence-corrected chi connectivity index (χ3v) is 3.36. The number of rotatable bonds is 1. The normalized spacial score (nSPS) is 38.3. The van der Waals surface area contributed by atoms with Crippen LogP contribution in [-0.2, 0) is 19.3 Å². The maximum absolute atomic E-state index is 10.7. The molecule has 1 saturated heterocycles. The summed E-state index contributed by atoms with van der Waals surface area (Å²) in [6, 6.07) is 0. The molecule has 0 spiro atoms. The van der Waals surface area contributed by atoms with Gasteiger partial charge < -0.3 is 4.74 Å². The van der Waals surface area contributed by atoms with Gasteiger partial charge in [-0.25, -0.2) is 4.21 Å². The summed E-state index contributed by atoms with van der Waals surface area (Å²) >= 11 is 0. The van der Waals surface area contributed by atoms with Crippen LogP contribution in [0.4, 0.5) is 0 Å². The maximum atomic E-state index is 10.7. The minimum absolute atomic E-state index is 0.180.